The van der Waals surface area contributed by atoms with Crippen molar-refractivity contribution in [3.63, 3.8) is 0 Å². The average Bonchev–Trinajstić information content (AvgIpc) is 3.17. The Balaban J connectivity index is 1.86. The SMILES string of the molecule is OCCn1c(Nc2c[nH]c3ccc(Cl)cc23)nc2cc(C(F)(F)F)cc(F)c21. The first-order chi connectivity index (χ1) is 13.3. The number of aromatic nitrogens is 3. The summed E-state index contributed by atoms with van der Waals surface area (Å²) < 4.78 is 54.8. The van der Waals surface area contributed by atoms with Crippen LogP contribution in [0.1, 0.15) is 5.56 Å². The van der Waals surface area contributed by atoms with Crippen molar-refractivity contribution < 1.29 is 22.7 Å². The van der Waals surface area contributed by atoms with Gasteiger partial charge in [-0.1, -0.05) is 11.6 Å². The fourth-order valence-corrected chi connectivity index (χ4v) is 3.28. The highest BCUT2D eigenvalue weighted by Gasteiger charge is 2.32. The number of aromatic amines is 1. The van der Waals surface area contributed by atoms with E-state index in [1.165, 1.54) is 4.57 Å². The Kier molecular flexibility index (Phi) is 4.43. The molecule has 0 fully saturated rings. The number of alkyl halides is 3. The number of imidazole rings is 1. The monoisotopic (exact) mass is 412 g/mol. The smallest absolute Gasteiger partial charge is 0.395 e. The summed E-state index contributed by atoms with van der Waals surface area (Å²) in [5.41, 5.74) is -0.0779. The number of aliphatic hydroxyl groups is 1. The Morgan fingerprint density at radius 2 is 2.00 bits per heavy atom. The molecule has 146 valence electrons. The highest BCUT2D eigenvalue weighted by molar-refractivity contribution is 6.31. The first-order valence-electron chi connectivity index (χ1n) is 8.19. The number of rotatable bonds is 4. The predicted octanol–water partition coefficient (Wildman–Crippen LogP) is 5.06. The van der Waals surface area contributed by atoms with E-state index < -0.39 is 17.6 Å². The number of hydrogen-bond donors (Lipinski definition) is 3. The Morgan fingerprint density at radius 3 is 2.71 bits per heavy atom. The summed E-state index contributed by atoms with van der Waals surface area (Å²) in [4.78, 5) is 7.16. The number of H-pyrrole nitrogens is 1. The first-order valence-corrected chi connectivity index (χ1v) is 8.57. The molecule has 5 nitrogen and oxygen atoms in total. The summed E-state index contributed by atoms with van der Waals surface area (Å²) in [5, 5.41) is 13.5. The van der Waals surface area contributed by atoms with Gasteiger partial charge in [-0.05, 0) is 30.3 Å². The van der Waals surface area contributed by atoms with Gasteiger partial charge in [0.05, 0.1) is 23.4 Å². The number of anilines is 2. The Hall–Kier alpha value is -2.78. The van der Waals surface area contributed by atoms with Gasteiger partial charge in [-0.3, -0.25) is 0 Å². The zero-order valence-corrected chi connectivity index (χ0v) is 14.9. The molecule has 0 spiro atoms. The molecule has 0 atom stereocenters. The number of aliphatic hydroxyl groups excluding tert-OH is 1. The summed E-state index contributed by atoms with van der Waals surface area (Å²) in [5.74, 6) is -0.969. The van der Waals surface area contributed by atoms with Gasteiger partial charge in [-0.15, -0.1) is 0 Å². The van der Waals surface area contributed by atoms with Gasteiger partial charge >= 0.3 is 6.18 Å². The lowest BCUT2D eigenvalue weighted by Gasteiger charge is -2.10. The van der Waals surface area contributed by atoms with Crippen LogP contribution >= 0.6 is 11.6 Å². The van der Waals surface area contributed by atoms with E-state index in [0.717, 1.165) is 17.0 Å². The predicted molar refractivity (Wildman–Crippen MR) is 98.4 cm³/mol. The zero-order valence-electron chi connectivity index (χ0n) is 14.1. The molecule has 2 heterocycles. The second-order valence-corrected chi connectivity index (χ2v) is 6.59. The highest BCUT2D eigenvalue weighted by Crippen LogP contribution is 2.35. The van der Waals surface area contributed by atoms with Gasteiger partial charge < -0.3 is 20.0 Å². The Bertz CT molecular complexity index is 1180. The third kappa shape index (κ3) is 3.16. The lowest BCUT2D eigenvalue weighted by atomic mass is 10.2. The summed E-state index contributed by atoms with van der Waals surface area (Å²) in [6.07, 6.45) is -3.06. The molecule has 4 rings (SSSR count). The van der Waals surface area contributed by atoms with Crippen LogP contribution < -0.4 is 5.32 Å². The molecule has 0 unspecified atom stereocenters. The van der Waals surface area contributed by atoms with Crippen LogP contribution in [0, 0.1) is 5.82 Å². The fraction of sp³-hybridized carbons (Fsp3) is 0.167. The lowest BCUT2D eigenvalue weighted by Crippen LogP contribution is -2.08. The van der Waals surface area contributed by atoms with Crippen molar-refractivity contribution in [2.75, 3.05) is 11.9 Å². The van der Waals surface area contributed by atoms with Crippen LogP contribution in [0.3, 0.4) is 0 Å². The van der Waals surface area contributed by atoms with Crippen molar-refractivity contribution in [2.45, 2.75) is 12.7 Å². The fourth-order valence-electron chi connectivity index (χ4n) is 3.11. The summed E-state index contributed by atoms with van der Waals surface area (Å²) in [6.45, 7) is -0.398. The minimum absolute atomic E-state index is 0.0514. The maximum absolute atomic E-state index is 14.5. The normalized spacial score (nSPS) is 12.2. The van der Waals surface area contributed by atoms with Gasteiger partial charge in [-0.25, -0.2) is 9.37 Å². The molecule has 2 aromatic carbocycles. The first kappa shape index (κ1) is 18.6. The molecule has 0 amide bonds. The van der Waals surface area contributed by atoms with Crippen LogP contribution in [-0.2, 0) is 12.7 Å². The molecule has 0 bridgehead atoms. The van der Waals surface area contributed by atoms with E-state index in [1.807, 2.05) is 0 Å². The summed E-state index contributed by atoms with van der Waals surface area (Å²) >= 11 is 6.03. The van der Waals surface area contributed by atoms with Crippen molar-refractivity contribution in [3.05, 3.63) is 52.9 Å². The largest absolute Gasteiger partial charge is 0.416 e. The number of nitrogens with one attached hydrogen (secondary N) is 2. The molecule has 3 N–H and O–H groups in total. The van der Waals surface area contributed by atoms with Crippen molar-refractivity contribution in [1.82, 2.24) is 14.5 Å². The molecule has 0 aliphatic heterocycles. The van der Waals surface area contributed by atoms with Crippen molar-refractivity contribution in [3.8, 4) is 0 Å². The highest BCUT2D eigenvalue weighted by atomic mass is 35.5. The van der Waals surface area contributed by atoms with Crippen molar-refractivity contribution >= 4 is 45.2 Å². The number of hydrogen-bond acceptors (Lipinski definition) is 3. The summed E-state index contributed by atoms with van der Waals surface area (Å²) in [6, 6.07) is 6.39. The molecule has 0 radical (unpaired) electrons. The Morgan fingerprint density at radius 1 is 1.21 bits per heavy atom. The van der Waals surface area contributed by atoms with Crippen LogP contribution in [0.15, 0.2) is 36.5 Å². The Labute approximate surface area is 160 Å². The minimum atomic E-state index is -4.70. The van der Waals surface area contributed by atoms with Gasteiger partial charge in [0.1, 0.15) is 11.3 Å². The number of benzene rings is 2. The van der Waals surface area contributed by atoms with Gasteiger partial charge in [0.2, 0.25) is 5.95 Å². The lowest BCUT2D eigenvalue weighted by molar-refractivity contribution is -0.137. The minimum Gasteiger partial charge on any atom is -0.395 e. The number of nitrogens with zero attached hydrogens (tertiary/aromatic N) is 2. The standard InChI is InChI=1S/C18H13ClF4N4O/c19-10-1-2-13-11(7-10)15(8-24-13)26-17-25-14-6-9(18(21,22)23)5-12(20)16(14)27(17)3-4-28/h1-2,5-8,24,28H,3-4H2,(H,25,26). The van der Waals surface area contributed by atoms with Crippen LogP contribution in [0.5, 0.6) is 0 Å². The zero-order chi connectivity index (χ0) is 20.1. The van der Waals surface area contributed by atoms with E-state index in [9.17, 15) is 22.7 Å². The third-order valence-corrected chi connectivity index (χ3v) is 4.57. The van der Waals surface area contributed by atoms with Crippen molar-refractivity contribution in [2.24, 2.45) is 0 Å². The molecule has 4 aromatic rings. The maximum atomic E-state index is 14.5. The van der Waals surface area contributed by atoms with Gasteiger partial charge in [-0.2, -0.15) is 13.2 Å². The van der Waals surface area contributed by atoms with E-state index in [4.69, 9.17) is 11.6 Å². The second kappa shape index (κ2) is 6.68. The second-order valence-electron chi connectivity index (χ2n) is 6.15. The van der Waals surface area contributed by atoms with Gasteiger partial charge in [0.15, 0.2) is 0 Å². The van der Waals surface area contributed by atoms with Gasteiger partial charge in [0, 0.05) is 28.7 Å². The van der Waals surface area contributed by atoms with Crippen LogP contribution in [0.2, 0.25) is 5.02 Å². The van der Waals surface area contributed by atoms with Crippen LogP contribution in [-0.4, -0.2) is 26.2 Å². The molecule has 0 saturated heterocycles. The van der Waals surface area contributed by atoms with Crippen molar-refractivity contribution in [1.29, 1.82) is 0 Å². The molecule has 0 aliphatic carbocycles. The van der Waals surface area contributed by atoms with E-state index in [1.54, 1.807) is 24.4 Å². The van der Waals surface area contributed by atoms with E-state index in [0.29, 0.717) is 16.8 Å². The summed E-state index contributed by atoms with van der Waals surface area (Å²) in [7, 11) is 0. The van der Waals surface area contributed by atoms with E-state index >= 15 is 0 Å². The number of fused-ring (bicyclic) bond motifs is 2. The van der Waals surface area contributed by atoms with E-state index in [2.05, 4.69) is 15.3 Å². The topological polar surface area (TPSA) is 65.9 Å². The molecule has 10 heteroatoms. The quantitative estimate of drug-likeness (QED) is 0.410. The third-order valence-electron chi connectivity index (χ3n) is 4.34. The molecule has 28 heavy (non-hydrogen) atoms. The molecule has 0 saturated carbocycles. The van der Waals surface area contributed by atoms with Crippen LogP contribution in [0.4, 0.5) is 29.2 Å². The molecular weight excluding hydrogens is 400 g/mol. The maximum Gasteiger partial charge on any atom is 0.416 e. The number of halogens is 5. The average molecular weight is 413 g/mol. The van der Waals surface area contributed by atoms with Gasteiger partial charge in [0.25, 0.3) is 0 Å². The molecule has 2 aromatic heterocycles. The molecular formula is C18H13ClF4N4O. The van der Waals surface area contributed by atoms with E-state index in [-0.39, 0.29) is 30.1 Å². The molecule has 0 aliphatic rings. The van der Waals surface area contributed by atoms with Crippen LogP contribution in [0.25, 0.3) is 21.9 Å².